The summed E-state index contributed by atoms with van der Waals surface area (Å²) in [6, 6.07) is 3.62. The van der Waals surface area contributed by atoms with Crippen molar-refractivity contribution in [1.82, 2.24) is 24.3 Å². The van der Waals surface area contributed by atoms with Gasteiger partial charge >= 0.3 is 5.69 Å². The van der Waals surface area contributed by atoms with Gasteiger partial charge in [0.1, 0.15) is 5.69 Å². The fourth-order valence-corrected chi connectivity index (χ4v) is 3.01. The van der Waals surface area contributed by atoms with Gasteiger partial charge in [-0.3, -0.25) is 9.20 Å². The molecule has 0 saturated heterocycles. The number of fused-ring (bicyclic) bond motifs is 2. The summed E-state index contributed by atoms with van der Waals surface area (Å²) in [5.41, 5.74) is 4.35. The van der Waals surface area contributed by atoms with Crippen molar-refractivity contribution in [3.05, 3.63) is 57.5 Å². The Kier molecular flexibility index (Phi) is 3.21. The molecule has 0 fully saturated rings. The molecule has 1 aromatic carbocycles. The van der Waals surface area contributed by atoms with Gasteiger partial charge in [-0.15, -0.1) is 0 Å². The van der Waals surface area contributed by atoms with Gasteiger partial charge in [0.2, 0.25) is 5.78 Å². The molecule has 0 aliphatic heterocycles. The van der Waals surface area contributed by atoms with Crippen LogP contribution >= 0.6 is 0 Å². The first kappa shape index (κ1) is 15.1. The molecule has 8 heteroatoms. The van der Waals surface area contributed by atoms with Crippen LogP contribution in [0.25, 0.3) is 16.8 Å². The maximum atomic E-state index is 12.9. The molecule has 0 saturated carbocycles. The van der Waals surface area contributed by atoms with E-state index >= 15 is 0 Å². The van der Waals surface area contributed by atoms with E-state index < -0.39 is 0 Å². The third kappa shape index (κ3) is 2.30. The molecule has 0 bridgehead atoms. The van der Waals surface area contributed by atoms with E-state index in [0.29, 0.717) is 33.9 Å². The number of carbonyl (C=O) groups excluding carboxylic acids is 1. The molecule has 0 spiro atoms. The topological polar surface area (TPSA) is 108 Å². The highest BCUT2D eigenvalue weighted by Gasteiger charge is 2.20. The highest BCUT2D eigenvalue weighted by molar-refractivity contribution is 6.09. The number of nitrogens with zero attached hydrogens (tertiary/aromatic N) is 3. The molecule has 1 amide bonds. The Morgan fingerprint density at radius 2 is 2.04 bits per heavy atom. The molecule has 3 N–H and O–H groups in total. The molecule has 0 atom stereocenters. The molecule has 25 heavy (non-hydrogen) atoms. The lowest BCUT2D eigenvalue weighted by Crippen LogP contribution is -2.17. The van der Waals surface area contributed by atoms with Crippen LogP contribution in [0, 0.1) is 20.8 Å². The number of benzene rings is 1. The number of H-pyrrole nitrogens is 2. The van der Waals surface area contributed by atoms with Gasteiger partial charge in [-0.1, -0.05) is 0 Å². The van der Waals surface area contributed by atoms with Gasteiger partial charge in [0, 0.05) is 12.4 Å². The minimum Gasteiger partial charge on any atom is -0.318 e. The van der Waals surface area contributed by atoms with Crippen molar-refractivity contribution >= 4 is 28.4 Å². The smallest absolute Gasteiger partial charge is 0.318 e. The van der Waals surface area contributed by atoms with Crippen LogP contribution in [0.3, 0.4) is 0 Å². The molecule has 4 aromatic rings. The zero-order valence-corrected chi connectivity index (χ0v) is 14.0. The second kappa shape index (κ2) is 5.30. The molecular formula is C17H16N6O2. The minimum absolute atomic E-state index is 0.310. The molecule has 8 nitrogen and oxygen atoms in total. The fraction of sp³-hybridized carbons (Fsp3) is 0.176. The number of nitrogens with one attached hydrogen (secondary N) is 3. The largest absolute Gasteiger partial charge is 0.323 e. The molecule has 0 radical (unpaired) electrons. The van der Waals surface area contributed by atoms with Crippen LogP contribution in [0.15, 0.2) is 29.3 Å². The average Bonchev–Trinajstić information content (AvgIpc) is 3.09. The van der Waals surface area contributed by atoms with Crippen LogP contribution in [0.5, 0.6) is 0 Å². The number of carbonyl (C=O) groups is 1. The molecular weight excluding hydrogens is 320 g/mol. The number of amides is 1. The summed E-state index contributed by atoms with van der Waals surface area (Å²) in [6.45, 7) is 5.60. The van der Waals surface area contributed by atoms with Gasteiger partial charge in [-0.2, -0.15) is 0 Å². The molecule has 3 heterocycles. The fourth-order valence-electron chi connectivity index (χ4n) is 3.01. The summed E-state index contributed by atoms with van der Waals surface area (Å²) < 4.78 is 1.65. The first-order chi connectivity index (χ1) is 12.0. The Bertz CT molecular complexity index is 1200. The monoisotopic (exact) mass is 336 g/mol. The summed E-state index contributed by atoms with van der Waals surface area (Å²) in [5, 5.41) is 2.93. The zero-order valence-electron chi connectivity index (χ0n) is 14.0. The zero-order chi connectivity index (χ0) is 17.7. The lowest BCUT2D eigenvalue weighted by atomic mass is 10.1. The van der Waals surface area contributed by atoms with Crippen molar-refractivity contribution in [2.75, 3.05) is 5.32 Å². The SMILES string of the molecule is Cc1cc2[nH]c(=O)[nH]c2c(NC(=O)c2c(C)nc3ncccn23)c1C. The van der Waals surface area contributed by atoms with Crippen LogP contribution in [0.2, 0.25) is 0 Å². The quantitative estimate of drug-likeness (QED) is 0.521. The third-order valence-electron chi connectivity index (χ3n) is 4.37. The number of anilines is 1. The Labute approximate surface area is 141 Å². The standard InChI is InChI=1S/C17H16N6O2/c1-8-7-11-13(22-17(25)20-11)12(9(8)2)21-15(24)14-10(3)19-16-18-5-4-6-23(14)16/h4-7H,1-3H3,(H,21,24)(H2,20,22,25). The van der Waals surface area contributed by atoms with Crippen LogP contribution in [-0.2, 0) is 0 Å². The molecule has 0 aliphatic carbocycles. The first-order valence-electron chi connectivity index (χ1n) is 7.79. The van der Waals surface area contributed by atoms with Gasteiger partial charge in [0.25, 0.3) is 5.91 Å². The third-order valence-corrected chi connectivity index (χ3v) is 4.37. The highest BCUT2D eigenvalue weighted by Crippen LogP contribution is 2.27. The van der Waals surface area contributed by atoms with Crippen molar-refractivity contribution in [2.45, 2.75) is 20.8 Å². The predicted molar refractivity (Wildman–Crippen MR) is 94.1 cm³/mol. The van der Waals surface area contributed by atoms with E-state index in [2.05, 4.69) is 25.3 Å². The van der Waals surface area contributed by atoms with Gasteiger partial charge < -0.3 is 15.3 Å². The summed E-state index contributed by atoms with van der Waals surface area (Å²) >= 11 is 0. The normalized spacial score (nSPS) is 11.3. The van der Waals surface area contributed by atoms with Crippen molar-refractivity contribution in [3.8, 4) is 0 Å². The number of rotatable bonds is 2. The van der Waals surface area contributed by atoms with Crippen molar-refractivity contribution in [2.24, 2.45) is 0 Å². The van der Waals surface area contributed by atoms with E-state index in [-0.39, 0.29) is 11.6 Å². The van der Waals surface area contributed by atoms with Gasteiger partial charge in [0.15, 0.2) is 0 Å². The molecule has 3 aromatic heterocycles. The van der Waals surface area contributed by atoms with E-state index in [9.17, 15) is 9.59 Å². The summed E-state index contributed by atoms with van der Waals surface area (Å²) in [5.74, 6) is 0.154. The van der Waals surface area contributed by atoms with Crippen molar-refractivity contribution in [3.63, 3.8) is 0 Å². The van der Waals surface area contributed by atoms with E-state index in [4.69, 9.17) is 0 Å². The van der Waals surface area contributed by atoms with Crippen LogP contribution in [0.1, 0.15) is 27.3 Å². The van der Waals surface area contributed by atoms with E-state index in [1.807, 2.05) is 19.9 Å². The molecule has 126 valence electrons. The molecule has 0 aliphatic rings. The number of hydrogen-bond acceptors (Lipinski definition) is 4. The average molecular weight is 336 g/mol. The predicted octanol–water partition coefficient (Wildman–Crippen LogP) is 2.08. The Morgan fingerprint density at radius 1 is 1.24 bits per heavy atom. The van der Waals surface area contributed by atoms with Crippen molar-refractivity contribution < 1.29 is 4.79 Å². The van der Waals surface area contributed by atoms with E-state index in [1.54, 1.807) is 29.8 Å². The number of aromatic amines is 2. The minimum atomic E-state index is -0.314. The second-order valence-electron chi connectivity index (χ2n) is 5.98. The van der Waals surface area contributed by atoms with Crippen LogP contribution in [0.4, 0.5) is 5.69 Å². The van der Waals surface area contributed by atoms with Gasteiger partial charge in [-0.25, -0.2) is 14.8 Å². The number of hydrogen-bond donors (Lipinski definition) is 3. The Balaban J connectivity index is 1.86. The first-order valence-corrected chi connectivity index (χ1v) is 7.79. The summed E-state index contributed by atoms with van der Waals surface area (Å²) in [4.78, 5) is 38.5. The second-order valence-corrected chi connectivity index (χ2v) is 5.98. The van der Waals surface area contributed by atoms with Gasteiger partial charge in [0.05, 0.1) is 22.4 Å². The Hall–Kier alpha value is -3.42. The van der Waals surface area contributed by atoms with E-state index in [1.165, 1.54) is 0 Å². The van der Waals surface area contributed by atoms with Crippen LogP contribution < -0.4 is 11.0 Å². The molecule has 4 rings (SSSR count). The van der Waals surface area contributed by atoms with E-state index in [0.717, 1.165) is 11.1 Å². The number of aromatic nitrogens is 5. The summed E-state index contributed by atoms with van der Waals surface area (Å²) in [7, 11) is 0. The molecule has 0 unspecified atom stereocenters. The van der Waals surface area contributed by atoms with Gasteiger partial charge in [-0.05, 0) is 44.0 Å². The Morgan fingerprint density at radius 3 is 2.84 bits per heavy atom. The lowest BCUT2D eigenvalue weighted by molar-refractivity contribution is 0.102. The van der Waals surface area contributed by atoms with Crippen LogP contribution in [-0.4, -0.2) is 30.2 Å². The highest BCUT2D eigenvalue weighted by atomic mass is 16.2. The number of aryl methyl sites for hydroxylation is 2. The number of imidazole rings is 2. The maximum absolute atomic E-state index is 12.9. The maximum Gasteiger partial charge on any atom is 0.323 e. The lowest BCUT2D eigenvalue weighted by Gasteiger charge is -2.12. The summed E-state index contributed by atoms with van der Waals surface area (Å²) in [6.07, 6.45) is 3.37. The van der Waals surface area contributed by atoms with Crippen molar-refractivity contribution in [1.29, 1.82) is 0 Å².